The third kappa shape index (κ3) is 2.90. The molecular weight excluding hydrogens is 282 g/mol. The molecule has 0 saturated carbocycles. The molecule has 2 nitrogen and oxygen atoms in total. The molecule has 0 radical (unpaired) electrons. The first-order valence-electron chi connectivity index (χ1n) is 3.78. The second kappa shape index (κ2) is 4.46. The Morgan fingerprint density at radius 1 is 1.33 bits per heavy atom. The van der Waals surface area contributed by atoms with Crippen LogP contribution in [0.5, 0.6) is 0 Å². The third-order valence-electron chi connectivity index (χ3n) is 1.62. The van der Waals surface area contributed by atoms with E-state index in [2.05, 4.69) is 20.8 Å². The summed E-state index contributed by atoms with van der Waals surface area (Å²) in [7, 11) is 1.27. The highest BCUT2D eigenvalue weighted by Gasteiger charge is 2.35. The maximum absolute atomic E-state index is 12.9. The molecule has 0 unspecified atom stereocenters. The van der Waals surface area contributed by atoms with E-state index in [0.29, 0.717) is 6.07 Å². The molecule has 0 aliphatic carbocycles. The molecule has 0 fully saturated rings. The smallest absolute Gasteiger partial charge is 0.207 e. The molecule has 7 heteroatoms. The maximum Gasteiger partial charge on any atom is 0.417 e. The fraction of sp³-hybridized carbons (Fsp3) is 0.250. The van der Waals surface area contributed by atoms with Crippen molar-refractivity contribution >= 4 is 21.6 Å². The average Bonchev–Trinajstić information content (AvgIpc) is 2.09. The van der Waals surface area contributed by atoms with Crippen LogP contribution in [0.15, 0.2) is 16.6 Å². The Morgan fingerprint density at radius 2 is 1.93 bits per heavy atom. The molecule has 1 aromatic carbocycles. The van der Waals surface area contributed by atoms with Gasteiger partial charge in [0.2, 0.25) is 0 Å². The van der Waals surface area contributed by atoms with Crippen molar-refractivity contribution in [1.82, 2.24) is 0 Å². The monoisotopic (exact) mass is 288 g/mol. The van der Waals surface area contributed by atoms with Gasteiger partial charge in [-0.25, -0.2) is 9.23 Å². The predicted octanol–water partition coefficient (Wildman–Crippen LogP) is 2.36. The van der Waals surface area contributed by atoms with Crippen molar-refractivity contribution in [2.24, 2.45) is 0 Å². The number of benzene rings is 1. The van der Waals surface area contributed by atoms with Crippen LogP contribution in [0.3, 0.4) is 0 Å². The molecule has 0 aromatic heterocycles. The number of nitrogens with two attached hydrogens (primary N) is 1. The Hall–Kier alpha value is -0.660. The van der Waals surface area contributed by atoms with Crippen LogP contribution in [-0.4, -0.2) is 7.11 Å². The average molecular weight is 289 g/mol. The van der Waals surface area contributed by atoms with E-state index >= 15 is 0 Å². The number of alkyl halides is 3. The molecule has 0 saturated heterocycles. The summed E-state index contributed by atoms with van der Waals surface area (Å²) >= 11 is 2.75. The number of halogens is 5. The Kier molecular flexibility index (Phi) is 3.69. The van der Waals surface area contributed by atoms with Crippen molar-refractivity contribution in [1.29, 1.82) is 0 Å². The van der Waals surface area contributed by atoms with Gasteiger partial charge in [0, 0.05) is 6.07 Å². The highest BCUT2D eigenvalue weighted by molar-refractivity contribution is 9.10. The van der Waals surface area contributed by atoms with Gasteiger partial charge in [-0.3, -0.25) is 0 Å². The Labute approximate surface area is 91.3 Å². The van der Waals surface area contributed by atoms with Crippen LogP contribution >= 0.6 is 15.9 Å². The van der Waals surface area contributed by atoms with Crippen molar-refractivity contribution in [2.45, 2.75) is 6.18 Å². The third-order valence-corrected chi connectivity index (χ3v) is 2.50. The van der Waals surface area contributed by atoms with Crippen LogP contribution in [0.2, 0.25) is 0 Å². The minimum Gasteiger partial charge on any atom is -0.207 e. The normalized spacial score (nSPS) is 11.9. The lowest BCUT2D eigenvalue weighted by Gasteiger charge is -2.10. The van der Waals surface area contributed by atoms with Gasteiger partial charge in [-0.05, 0) is 22.0 Å². The maximum atomic E-state index is 12.9. The lowest BCUT2D eigenvalue weighted by molar-refractivity contribution is -0.830. The van der Waals surface area contributed by atoms with Gasteiger partial charge in [0.15, 0.2) is 5.69 Å². The van der Waals surface area contributed by atoms with Gasteiger partial charge >= 0.3 is 6.18 Å². The zero-order chi connectivity index (χ0) is 11.6. The Bertz CT molecular complexity index is 366. The molecule has 0 spiro atoms. The summed E-state index contributed by atoms with van der Waals surface area (Å²) in [5.41, 5.74) is -0.0294. The first-order valence-corrected chi connectivity index (χ1v) is 4.58. The van der Waals surface area contributed by atoms with Gasteiger partial charge in [-0.1, -0.05) is 0 Å². The molecular formula is C8H7BrF4NO+. The summed E-state index contributed by atoms with van der Waals surface area (Å²) in [6.07, 6.45) is -4.60. The van der Waals surface area contributed by atoms with Crippen LogP contribution in [0.25, 0.3) is 0 Å². The molecule has 0 heterocycles. The van der Waals surface area contributed by atoms with Crippen molar-refractivity contribution < 1.29 is 27.9 Å². The van der Waals surface area contributed by atoms with Gasteiger partial charge in [-0.15, -0.1) is 0 Å². The van der Waals surface area contributed by atoms with Gasteiger partial charge in [0.25, 0.3) is 0 Å². The second-order valence-electron chi connectivity index (χ2n) is 2.71. The summed E-state index contributed by atoms with van der Waals surface area (Å²) in [5, 5.41) is 0. The lowest BCUT2D eigenvalue weighted by atomic mass is 10.2. The molecule has 0 atom stereocenters. The predicted molar refractivity (Wildman–Crippen MR) is 47.7 cm³/mol. The van der Waals surface area contributed by atoms with Gasteiger partial charge < -0.3 is 0 Å². The van der Waals surface area contributed by atoms with E-state index in [1.165, 1.54) is 7.11 Å². The van der Waals surface area contributed by atoms with Crippen molar-refractivity contribution in [3.8, 4) is 0 Å². The molecule has 0 amide bonds. The fourth-order valence-electron chi connectivity index (χ4n) is 1.03. The standard InChI is InChI=1S/C8H6BrF4NO/c1-15-14-6-3-4(10)2-5(7(6)9)8(11,12)13/h2-3,14H,1H3/p+1. The van der Waals surface area contributed by atoms with Crippen LogP contribution in [0.4, 0.5) is 23.2 Å². The minimum absolute atomic E-state index is 0.00447. The van der Waals surface area contributed by atoms with Crippen LogP contribution in [0.1, 0.15) is 5.56 Å². The Balaban J connectivity index is 3.28. The van der Waals surface area contributed by atoms with E-state index < -0.39 is 17.6 Å². The van der Waals surface area contributed by atoms with E-state index in [-0.39, 0.29) is 10.2 Å². The van der Waals surface area contributed by atoms with Crippen molar-refractivity contribution in [2.75, 3.05) is 7.11 Å². The van der Waals surface area contributed by atoms with E-state index in [4.69, 9.17) is 0 Å². The summed E-state index contributed by atoms with van der Waals surface area (Å²) in [4.78, 5) is 4.54. The lowest BCUT2D eigenvalue weighted by Crippen LogP contribution is -2.76. The first kappa shape index (κ1) is 12.4. The summed E-state index contributed by atoms with van der Waals surface area (Å²) in [5.74, 6) is -0.964. The largest absolute Gasteiger partial charge is 0.417 e. The van der Waals surface area contributed by atoms with Gasteiger partial charge in [0.05, 0.1) is 17.1 Å². The van der Waals surface area contributed by atoms with Crippen LogP contribution in [-0.2, 0) is 11.0 Å². The summed E-state index contributed by atoms with van der Waals surface area (Å²) in [6, 6.07) is 1.37. The summed E-state index contributed by atoms with van der Waals surface area (Å²) < 4.78 is 49.8. The van der Waals surface area contributed by atoms with E-state index in [1.54, 1.807) is 0 Å². The first-order chi connectivity index (χ1) is 6.86. The summed E-state index contributed by atoms with van der Waals surface area (Å²) in [6.45, 7) is 0. The van der Waals surface area contributed by atoms with Crippen LogP contribution in [0, 0.1) is 5.82 Å². The van der Waals surface area contributed by atoms with Crippen molar-refractivity contribution in [3.05, 3.63) is 28.0 Å². The number of hydrogen-bond donors (Lipinski definition) is 1. The van der Waals surface area contributed by atoms with Gasteiger partial charge in [-0.2, -0.15) is 18.7 Å². The topological polar surface area (TPSA) is 25.8 Å². The molecule has 1 rings (SSSR count). The van der Waals surface area contributed by atoms with E-state index in [0.717, 1.165) is 11.5 Å². The quantitative estimate of drug-likeness (QED) is 0.505. The second-order valence-corrected chi connectivity index (χ2v) is 3.50. The van der Waals surface area contributed by atoms with Crippen LogP contribution < -0.4 is 5.48 Å². The Morgan fingerprint density at radius 3 is 2.40 bits per heavy atom. The molecule has 1 aromatic rings. The molecule has 15 heavy (non-hydrogen) atoms. The molecule has 0 bridgehead atoms. The molecule has 0 aliphatic rings. The van der Waals surface area contributed by atoms with Crippen molar-refractivity contribution in [3.63, 3.8) is 0 Å². The molecule has 0 aliphatic heterocycles. The SMILES string of the molecule is CO[NH2+]c1cc(F)cc(C(F)(F)F)c1Br. The highest BCUT2D eigenvalue weighted by atomic mass is 79.9. The highest BCUT2D eigenvalue weighted by Crippen LogP contribution is 2.37. The van der Waals surface area contributed by atoms with Gasteiger partial charge in [0.1, 0.15) is 5.82 Å². The molecule has 2 N–H and O–H groups in total. The molecule has 84 valence electrons. The number of hydrogen-bond acceptors (Lipinski definition) is 1. The zero-order valence-corrected chi connectivity index (χ0v) is 9.12. The van der Waals surface area contributed by atoms with E-state index in [1.807, 2.05) is 0 Å². The minimum atomic E-state index is -4.60. The van der Waals surface area contributed by atoms with E-state index in [9.17, 15) is 17.6 Å². The zero-order valence-electron chi connectivity index (χ0n) is 7.53. The number of rotatable bonds is 2. The fourth-order valence-corrected chi connectivity index (χ4v) is 1.58. The number of quaternary nitrogens is 1.